The highest BCUT2D eigenvalue weighted by Crippen LogP contribution is 2.30. The van der Waals surface area contributed by atoms with E-state index in [1.165, 1.54) is 30.9 Å². The standard InChI is InChI=1S/C23H26F2N2O4/c1-15(2)16-4-6-17(7-5-16)21(28)26-10-12-27(13-11-26)22(29)18-8-9-19(31-23(24)25)20(14-18)30-3/h4-9,14-15,23H,10-13H2,1-3H3. The third-order valence-electron chi connectivity index (χ3n) is 5.31. The summed E-state index contributed by atoms with van der Waals surface area (Å²) in [5, 5.41) is 0. The molecule has 0 N–H and O–H groups in total. The summed E-state index contributed by atoms with van der Waals surface area (Å²) in [6, 6.07) is 11.7. The van der Waals surface area contributed by atoms with Crippen LogP contribution in [0.1, 0.15) is 46.0 Å². The van der Waals surface area contributed by atoms with E-state index in [0.29, 0.717) is 43.2 Å². The lowest BCUT2D eigenvalue weighted by molar-refractivity contribution is -0.0512. The molecule has 0 aromatic heterocycles. The molecule has 2 aromatic carbocycles. The number of halogens is 2. The molecule has 1 saturated heterocycles. The normalized spacial score (nSPS) is 14.2. The topological polar surface area (TPSA) is 59.1 Å². The molecule has 0 atom stereocenters. The van der Waals surface area contributed by atoms with Gasteiger partial charge in [-0.1, -0.05) is 26.0 Å². The first-order valence-electron chi connectivity index (χ1n) is 10.1. The Labute approximate surface area is 180 Å². The number of ether oxygens (including phenoxy) is 2. The molecular weight excluding hydrogens is 406 g/mol. The van der Waals surface area contributed by atoms with Crippen LogP contribution >= 0.6 is 0 Å². The molecule has 1 heterocycles. The number of carbonyl (C=O) groups is 2. The van der Waals surface area contributed by atoms with Gasteiger partial charge in [-0.25, -0.2) is 0 Å². The van der Waals surface area contributed by atoms with E-state index in [1.807, 2.05) is 24.3 Å². The zero-order valence-corrected chi connectivity index (χ0v) is 17.8. The van der Waals surface area contributed by atoms with Crippen LogP contribution in [0, 0.1) is 0 Å². The van der Waals surface area contributed by atoms with E-state index >= 15 is 0 Å². The Morgan fingerprint density at radius 2 is 1.35 bits per heavy atom. The summed E-state index contributed by atoms with van der Waals surface area (Å²) in [6.07, 6.45) is 0. The molecule has 166 valence electrons. The first-order valence-corrected chi connectivity index (χ1v) is 10.1. The summed E-state index contributed by atoms with van der Waals surface area (Å²) in [5.74, 6) is 0.0129. The van der Waals surface area contributed by atoms with Gasteiger partial charge in [0.2, 0.25) is 0 Å². The van der Waals surface area contributed by atoms with Crippen LogP contribution in [0.3, 0.4) is 0 Å². The Morgan fingerprint density at radius 3 is 1.84 bits per heavy atom. The summed E-state index contributed by atoms with van der Waals surface area (Å²) < 4.78 is 34.4. The van der Waals surface area contributed by atoms with Gasteiger partial charge in [0.25, 0.3) is 11.8 Å². The van der Waals surface area contributed by atoms with E-state index in [4.69, 9.17) is 4.74 Å². The number of rotatable bonds is 6. The molecule has 3 rings (SSSR count). The van der Waals surface area contributed by atoms with Gasteiger partial charge in [-0.15, -0.1) is 0 Å². The van der Waals surface area contributed by atoms with Crippen LogP contribution in [0.15, 0.2) is 42.5 Å². The summed E-state index contributed by atoms with van der Waals surface area (Å²) in [7, 11) is 1.32. The Hall–Kier alpha value is -3.16. The largest absolute Gasteiger partial charge is 0.493 e. The lowest BCUT2D eigenvalue weighted by Crippen LogP contribution is -2.50. The molecule has 0 spiro atoms. The molecular formula is C23H26F2N2O4. The Balaban J connectivity index is 1.62. The van der Waals surface area contributed by atoms with Crippen molar-refractivity contribution >= 4 is 11.8 Å². The van der Waals surface area contributed by atoms with Crippen LogP contribution < -0.4 is 9.47 Å². The van der Waals surface area contributed by atoms with Crippen molar-refractivity contribution in [3.05, 3.63) is 59.2 Å². The second-order valence-electron chi connectivity index (χ2n) is 7.61. The van der Waals surface area contributed by atoms with E-state index in [9.17, 15) is 18.4 Å². The van der Waals surface area contributed by atoms with Crippen molar-refractivity contribution in [3.63, 3.8) is 0 Å². The number of alkyl halides is 2. The van der Waals surface area contributed by atoms with E-state index in [-0.39, 0.29) is 23.3 Å². The van der Waals surface area contributed by atoms with Gasteiger partial charge in [-0.3, -0.25) is 9.59 Å². The zero-order valence-electron chi connectivity index (χ0n) is 17.8. The first kappa shape index (κ1) is 22.5. The van der Waals surface area contributed by atoms with Gasteiger partial charge in [0.15, 0.2) is 11.5 Å². The maximum atomic E-state index is 12.8. The fraction of sp³-hybridized carbons (Fsp3) is 0.391. The number of nitrogens with zero attached hydrogens (tertiary/aromatic N) is 2. The molecule has 0 radical (unpaired) electrons. The minimum atomic E-state index is -2.98. The smallest absolute Gasteiger partial charge is 0.387 e. The third-order valence-corrected chi connectivity index (χ3v) is 5.31. The Kier molecular flexibility index (Phi) is 7.09. The highest BCUT2D eigenvalue weighted by Gasteiger charge is 2.26. The fourth-order valence-electron chi connectivity index (χ4n) is 3.48. The van der Waals surface area contributed by atoms with Gasteiger partial charge >= 0.3 is 6.61 Å². The van der Waals surface area contributed by atoms with Gasteiger partial charge in [-0.2, -0.15) is 8.78 Å². The van der Waals surface area contributed by atoms with Crippen molar-refractivity contribution in [2.75, 3.05) is 33.3 Å². The van der Waals surface area contributed by atoms with Crippen LogP contribution in [-0.4, -0.2) is 61.5 Å². The maximum absolute atomic E-state index is 12.8. The van der Waals surface area contributed by atoms with Gasteiger partial charge in [0.05, 0.1) is 7.11 Å². The highest BCUT2D eigenvalue weighted by molar-refractivity contribution is 5.96. The summed E-state index contributed by atoms with van der Waals surface area (Å²) >= 11 is 0. The fourth-order valence-corrected chi connectivity index (χ4v) is 3.48. The van der Waals surface area contributed by atoms with E-state index in [2.05, 4.69) is 18.6 Å². The van der Waals surface area contributed by atoms with Crippen LogP contribution in [-0.2, 0) is 0 Å². The Morgan fingerprint density at radius 1 is 0.839 bits per heavy atom. The first-order chi connectivity index (χ1) is 14.8. The number of methoxy groups -OCH3 is 1. The molecule has 31 heavy (non-hydrogen) atoms. The molecule has 0 saturated carbocycles. The minimum absolute atomic E-state index is 0.0578. The molecule has 1 fully saturated rings. The molecule has 0 unspecified atom stereocenters. The van der Waals surface area contributed by atoms with Gasteiger partial charge in [0, 0.05) is 37.3 Å². The van der Waals surface area contributed by atoms with E-state index in [1.54, 1.807) is 9.80 Å². The maximum Gasteiger partial charge on any atom is 0.387 e. The van der Waals surface area contributed by atoms with E-state index < -0.39 is 6.61 Å². The van der Waals surface area contributed by atoms with Gasteiger partial charge in [-0.05, 0) is 41.8 Å². The quantitative estimate of drug-likeness (QED) is 0.692. The van der Waals surface area contributed by atoms with Gasteiger partial charge < -0.3 is 19.3 Å². The summed E-state index contributed by atoms with van der Waals surface area (Å²) in [6.45, 7) is 2.81. The van der Waals surface area contributed by atoms with Crippen molar-refractivity contribution in [1.82, 2.24) is 9.80 Å². The SMILES string of the molecule is COc1cc(C(=O)N2CCN(C(=O)c3ccc(C(C)C)cc3)CC2)ccc1OC(F)F. The van der Waals surface area contributed by atoms with Crippen LogP contribution in [0.4, 0.5) is 8.78 Å². The monoisotopic (exact) mass is 432 g/mol. The number of hydrogen-bond donors (Lipinski definition) is 0. The number of piperazine rings is 1. The molecule has 1 aliphatic heterocycles. The zero-order chi connectivity index (χ0) is 22.5. The molecule has 8 heteroatoms. The van der Waals surface area contributed by atoms with E-state index in [0.717, 1.165) is 0 Å². The molecule has 1 aliphatic rings. The minimum Gasteiger partial charge on any atom is -0.493 e. The van der Waals surface area contributed by atoms with Crippen LogP contribution in [0.25, 0.3) is 0 Å². The predicted molar refractivity (Wildman–Crippen MR) is 112 cm³/mol. The highest BCUT2D eigenvalue weighted by atomic mass is 19.3. The molecule has 2 aromatic rings. The average molecular weight is 432 g/mol. The lowest BCUT2D eigenvalue weighted by atomic mass is 10.0. The van der Waals surface area contributed by atoms with Crippen molar-refractivity contribution in [2.45, 2.75) is 26.4 Å². The predicted octanol–water partition coefficient (Wildman–Crippen LogP) is 4.02. The molecule has 0 aliphatic carbocycles. The summed E-state index contributed by atoms with van der Waals surface area (Å²) in [4.78, 5) is 29.0. The summed E-state index contributed by atoms with van der Waals surface area (Å²) in [5.41, 5.74) is 2.11. The molecule has 6 nitrogen and oxygen atoms in total. The molecule has 2 amide bonds. The van der Waals surface area contributed by atoms with Crippen LogP contribution in [0.2, 0.25) is 0 Å². The number of carbonyl (C=O) groups excluding carboxylic acids is 2. The molecule has 0 bridgehead atoms. The second-order valence-corrected chi connectivity index (χ2v) is 7.61. The van der Waals surface area contributed by atoms with Crippen molar-refractivity contribution in [1.29, 1.82) is 0 Å². The lowest BCUT2D eigenvalue weighted by Gasteiger charge is -2.35. The number of amides is 2. The van der Waals surface area contributed by atoms with Crippen LogP contribution in [0.5, 0.6) is 11.5 Å². The number of benzene rings is 2. The van der Waals surface area contributed by atoms with Crippen molar-refractivity contribution in [2.24, 2.45) is 0 Å². The third kappa shape index (κ3) is 5.31. The van der Waals surface area contributed by atoms with Crippen molar-refractivity contribution in [3.8, 4) is 11.5 Å². The number of hydrogen-bond acceptors (Lipinski definition) is 4. The van der Waals surface area contributed by atoms with Crippen molar-refractivity contribution < 1.29 is 27.8 Å². The Bertz CT molecular complexity index is 924. The second kappa shape index (κ2) is 9.76. The van der Waals surface area contributed by atoms with Gasteiger partial charge in [0.1, 0.15) is 0 Å². The average Bonchev–Trinajstić information content (AvgIpc) is 2.78.